The van der Waals surface area contributed by atoms with Gasteiger partial charge in [-0.1, -0.05) is 61.8 Å². The Bertz CT molecular complexity index is 958. The highest BCUT2D eigenvalue weighted by Gasteiger charge is 2.24. The Balaban J connectivity index is -0.000000365. The van der Waals surface area contributed by atoms with E-state index >= 15 is 0 Å². The van der Waals surface area contributed by atoms with Gasteiger partial charge in [0, 0.05) is 54.8 Å². The van der Waals surface area contributed by atoms with Crippen LogP contribution in [-0.2, 0) is 46.6 Å². The van der Waals surface area contributed by atoms with Crippen LogP contribution in [0.25, 0.3) is 0 Å². The molecule has 0 aliphatic rings. The van der Waals surface area contributed by atoms with Gasteiger partial charge in [0.05, 0.1) is 0 Å². The zero-order valence-corrected chi connectivity index (χ0v) is 30.8. The molecule has 12 nitrogen and oxygen atoms in total. The first-order valence-corrected chi connectivity index (χ1v) is 16.3. The number of nitrogens with one attached hydrogen (secondary N) is 1. The van der Waals surface area contributed by atoms with Crippen molar-refractivity contribution in [1.29, 1.82) is 0 Å². The number of rotatable bonds is 15. The van der Waals surface area contributed by atoms with E-state index in [1.165, 1.54) is 32.1 Å². The summed E-state index contributed by atoms with van der Waals surface area (Å²) in [5.74, 6) is -2.10. The summed E-state index contributed by atoms with van der Waals surface area (Å²) in [5, 5.41) is 3.00. The lowest BCUT2D eigenvalue weighted by Gasteiger charge is -2.23. The molecule has 0 radical (unpaired) electrons. The molecule has 0 aliphatic heterocycles. The fourth-order valence-corrected chi connectivity index (χ4v) is 3.38. The van der Waals surface area contributed by atoms with Gasteiger partial charge in [0.15, 0.2) is 0 Å². The summed E-state index contributed by atoms with van der Waals surface area (Å²) in [5.41, 5.74) is 6.32. The summed E-state index contributed by atoms with van der Waals surface area (Å²) in [7, 11) is 3.39. The average Bonchev–Trinajstić information content (AvgIpc) is 3.02. The number of hydrogen-bond donors (Lipinski definition) is 2. The summed E-state index contributed by atoms with van der Waals surface area (Å²) in [6.07, 6.45) is 1.22. The molecule has 0 aromatic heterocycles. The monoisotopic (exact) mass is 661 g/mol. The van der Waals surface area contributed by atoms with Gasteiger partial charge in [0.2, 0.25) is 5.91 Å². The van der Waals surface area contributed by atoms with Gasteiger partial charge >= 0.3 is 24.0 Å². The lowest BCUT2D eigenvalue weighted by molar-refractivity contribution is -0.147. The van der Waals surface area contributed by atoms with E-state index in [0.29, 0.717) is 42.6 Å². The van der Waals surface area contributed by atoms with Crippen LogP contribution < -0.4 is 15.8 Å². The zero-order chi connectivity index (χ0) is 36.7. The Hall–Kier alpha value is -3.67. The van der Waals surface area contributed by atoms with Gasteiger partial charge in [-0.25, -0.2) is 4.79 Å². The van der Waals surface area contributed by atoms with Crippen LogP contribution in [0.15, 0.2) is 12.1 Å². The molecule has 12 heteroatoms. The summed E-state index contributed by atoms with van der Waals surface area (Å²) < 4.78 is 21.5. The molecule has 272 valence electrons. The van der Waals surface area contributed by atoms with E-state index in [2.05, 4.69) is 19.2 Å². The minimum atomic E-state index is -0.780. The summed E-state index contributed by atoms with van der Waals surface area (Å²) in [6.45, 7) is 20.6. The highest BCUT2D eigenvalue weighted by molar-refractivity contribution is 5.74. The Kier molecular flexibility index (Phi) is 35.0. The zero-order valence-electron chi connectivity index (χ0n) is 30.8. The first-order chi connectivity index (χ1) is 21.9. The van der Waals surface area contributed by atoms with Crippen molar-refractivity contribution >= 4 is 29.9 Å². The van der Waals surface area contributed by atoms with Crippen LogP contribution in [0.5, 0.6) is 5.75 Å². The predicted molar refractivity (Wildman–Crippen MR) is 186 cm³/mol. The number of benzene rings is 1. The van der Waals surface area contributed by atoms with Gasteiger partial charge in [-0.3, -0.25) is 19.2 Å². The third-order valence-corrected chi connectivity index (χ3v) is 5.12. The molecule has 0 spiro atoms. The van der Waals surface area contributed by atoms with Crippen LogP contribution in [0.4, 0.5) is 4.79 Å². The van der Waals surface area contributed by atoms with Gasteiger partial charge in [0.1, 0.15) is 25.1 Å². The smallest absolute Gasteiger partial charge is 0.414 e. The molecule has 3 N–H and O–H groups in total. The number of ether oxygens (including phenoxy) is 4. The highest BCUT2D eigenvalue weighted by atomic mass is 16.6. The van der Waals surface area contributed by atoms with E-state index < -0.39 is 36.0 Å². The molecular formula is C34H67N3O9. The maximum Gasteiger partial charge on any atom is 0.414 e. The fourth-order valence-electron chi connectivity index (χ4n) is 3.38. The SMILES string of the molecule is CC.CC.CC.CCC.CNCCCN(C)C(=O)Oc1c(COC(C)=O)cc(C(CCCC(N)=O)OC(C)=O)cc1COC(C)=O.[HH].[HH]. The minimum absolute atomic E-state index is 0. The molecule has 1 unspecified atom stereocenters. The lowest BCUT2D eigenvalue weighted by atomic mass is 9.97. The van der Waals surface area contributed by atoms with Crippen molar-refractivity contribution in [2.45, 2.75) is 128 Å². The normalized spacial score (nSPS) is 9.85. The minimum Gasteiger partial charge on any atom is -0.461 e. The maximum absolute atomic E-state index is 12.8. The van der Waals surface area contributed by atoms with Gasteiger partial charge in [-0.2, -0.15) is 0 Å². The average molecular weight is 662 g/mol. The van der Waals surface area contributed by atoms with E-state index in [1.54, 1.807) is 26.2 Å². The molecule has 0 saturated carbocycles. The number of nitrogens with zero attached hydrogens (tertiary/aromatic N) is 1. The second kappa shape index (κ2) is 32.7. The van der Waals surface area contributed by atoms with Crippen LogP contribution in [0, 0.1) is 0 Å². The molecule has 0 heterocycles. The third kappa shape index (κ3) is 25.6. The predicted octanol–water partition coefficient (Wildman–Crippen LogP) is 7.10. The Morgan fingerprint density at radius 3 is 1.67 bits per heavy atom. The summed E-state index contributed by atoms with van der Waals surface area (Å²) in [6, 6.07) is 3.17. The van der Waals surface area contributed by atoms with Crippen molar-refractivity contribution < 1.29 is 45.8 Å². The summed E-state index contributed by atoms with van der Waals surface area (Å²) >= 11 is 0. The second-order valence-corrected chi connectivity index (χ2v) is 9.14. The number of esters is 3. The number of nitrogens with two attached hydrogens (primary N) is 1. The molecule has 1 atom stereocenters. The third-order valence-electron chi connectivity index (χ3n) is 5.12. The van der Waals surface area contributed by atoms with E-state index in [-0.39, 0.29) is 34.7 Å². The molecule has 1 aromatic carbocycles. The number of carbonyl (C=O) groups excluding carboxylic acids is 5. The van der Waals surface area contributed by atoms with Crippen LogP contribution in [-0.4, -0.2) is 62.0 Å². The Labute approximate surface area is 281 Å². The summed E-state index contributed by atoms with van der Waals surface area (Å²) in [4.78, 5) is 60.3. The van der Waals surface area contributed by atoms with Crippen molar-refractivity contribution in [3.63, 3.8) is 0 Å². The van der Waals surface area contributed by atoms with Crippen LogP contribution in [0.3, 0.4) is 0 Å². The molecule has 2 amide bonds. The maximum atomic E-state index is 12.8. The van der Waals surface area contributed by atoms with Crippen molar-refractivity contribution in [1.82, 2.24) is 10.2 Å². The number of hydrogen-bond acceptors (Lipinski definition) is 10. The Morgan fingerprint density at radius 1 is 0.848 bits per heavy atom. The molecule has 1 rings (SSSR count). The Morgan fingerprint density at radius 2 is 1.30 bits per heavy atom. The number of carbonyl (C=O) groups is 5. The van der Waals surface area contributed by atoms with Gasteiger partial charge in [0.25, 0.3) is 0 Å². The van der Waals surface area contributed by atoms with Crippen molar-refractivity contribution in [2.24, 2.45) is 5.73 Å². The first-order valence-electron chi connectivity index (χ1n) is 16.3. The quantitative estimate of drug-likeness (QED) is 0.113. The number of primary amides is 1. The molecule has 46 heavy (non-hydrogen) atoms. The van der Waals surface area contributed by atoms with Crippen molar-refractivity contribution in [3.05, 3.63) is 28.8 Å². The van der Waals surface area contributed by atoms with Crippen LogP contribution in [0.1, 0.15) is 134 Å². The van der Waals surface area contributed by atoms with E-state index in [4.69, 9.17) is 24.7 Å². The van der Waals surface area contributed by atoms with Gasteiger partial charge in [-0.15, -0.1) is 0 Å². The first kappa shape index (κ1) is 49.2. The number of amides is 2. The molecule has 0 aliphatic carbocycles. The highest BCUT2D eigenvalue weighted by Crippen LogP contribution is 2.34. The standard InChI is InChI=1S/C25H37N3O9.C3H8.3C2H6.2H2/c1-16(29)34-14-20-12-19(22(36-18(3)31)8-6-9-23(26)32)13-21(15-35-17(2)30)24(20)37-25(33)28(5)11-7-10-27-4;1-3-2;3*1-2;;/h12-13,22,27H,6-11,14-15H2,1-5H3,(H2,26,32);3H2,1-2H3;3*1-2H3;2*1H. The largest absolute Gasteiger partial charge is 0.461 e. The van der Waals surface area contributed by atoms with Crippen molar-refractivity contribution in [3.8, 4) is 5.75 Å². The van der Waals surface area contributed by atoms with Gasteiger partial charge < -0.3 is 34.9 Å². The van der Waals surface area contributed by atoms with Gasteiger partial charge in [-0.05, 0) is 50.6 Å². The molecular weight excluding hydrogens is 594 g/mol. The van der Waals surface area contributed by atoms with Crippen LogP contribution in [0.2, 0.25) is 0 Å². The topological polar surface area (TPSA) is 164 Å². The van der Waals surface area contributed by atoms with Crippen LogP contribution >= 0.6 is 0 Å². The molecule has 0 bridgehead atoms. The van der Waals surface area contributed by atoms with Crippen molar-refractivity contribution in [2.75, 3.05) is 27.2 Å². The van der Waals surface area contributed by atoms with E-state index in [9.17, 15) is 24.0 Å². The lowest BCUT2D eigenvalue weighted by Crippen LogP contribution is -2.32. The fraction of sp³-hybridized carbons (Fsp3) is 0.676. The second-order valence-electron chi connectivity index (χ2n) is 9.14. The van der Waals surface area contributed by atoms with E-state index in [0.717, 1.165) is 0 Å². The molecule has 0 fully saturated rings. The van der Waals surface area contributed by atoms with E-state index in [1.807, 2.05) is 41.5 Å². The molecule has 1 aromatic rings. The molecule has 0 saturated heterocycles.